The van der Waals surface area contributed by atoms with Crippen molar-refractivity contribution in [1.29, 1.82) is 0 Å². The SMILES string of the molecule is c1cc(-c2ccncn2)nc(-c2ccncn2)c1. The largest absolute Gasteiger partial charge is 0.245 e. The van der Waals surface area contributed by atoms with Crippen molar-refractivity contribution >= 4 is 0 Å². The van der Waals surface area contributed by atoms with E-state index in [9.17, 15) is 0 Å². The highest BCUT2D eigenvalue weighted by molar-refractivity contribution is 5.60. The van der Waals surface area contributed by atoms with Crippen LogP contribution in [-0.4, -0.2) is 24.9 Å². The molecule has 0 aliphatic rings. The minimum atomic E-state index is 0.793. The second-order valence-electron chi connectivity index (χ2n) is 3.60. The summed E-state index contributed by atoms with van der Waals surface area (Å²) in [6.45, 7) is 0. The summed E-state index contributed by atoms with van der Waals surface area (Å²) in [4.78, 5) is 20.7. The highest BCUT2D eigenvalue weighted by Crippen LogP contribution is 2.18. The van der Waals surface area contributed by atoms with Gasteiger partial charge in [-0.3, -0.25) is 0 Å². The molecule has 3 aromatic heterocycles. The van der Waals surface area contributed by atoms with E-state index in [0.717, 1.165) is 22.8 Å². The van der Waals surface area contributed by atoms with Crippen molar-refractivity contribution in [3.8, 4) is 22.8 Å². The van der Waals surface area contributed by atoms with Crippen LogP contribution in [0.2, 0.25) is 0 Å². The molecule has 0 amide bonds. The van der Waals surface area contributed by atoms with Crippen LogP contribution in [0.3, 0.4) is 0 Å². The minimum Gasteiger partial charge on any atom is -0.245 e. The summed E-state index contributed by atoms with van der Waals surface area (Å²) in [5.41, 5.74) is 3.18. The van der Waals surface area contributed by atoms with Gasteiger partial charge in [0.1, 0.15) is 12.7 Å². The molecule has 0 saturated heterocycles. The zero-order valence-electron chi connectivity index (χ0n) is 9.43. The molecule has 3 rings (SSSR count). The van der Waals surface area contributed by atoms with E-state index >= 15 is 0 Å². The first-order chi connectivity index (χ1) is 8.93. The quantitative estimate of drug-likeness (QED) is 0.679. The van der Waals surface area contributed by atoms with Crippen molar-refractivity contribution in [2.24, 2.45) is 0 Å². The summed E-state index contributed by atoms with van der Waals surface area (Å²) in [6.07, 6.45) is 6.41. The molecule has 0 aliphatic heterocycles. The van der Waals surface area contributed by atoms with Gasteiger partial charge in [0.05, 0.1) is 22.8 Å². The average Bonchev–Trinajstić information content (AvgIpc) is 2.49. The van der Waals surface area contributed by atoms with Gasteiger partial charge in [0, 0.05) is 12.4 Å². The van der Waals surface area contributed by atoms with Crippen molar-refractivity contribution in [1.82, 2.24) is 24.9 Å². The molecule has 0 aliphatic carbocycles. The first-order valence-corrected chi connectivity index (χ1v) is 5.43. The second-order valence-corrected chi connectivity index (χ2v) is 3.60. The fourth-order valence-electron chi connectivity index (χ4n) is 1.60. The molecule has 3 aromatic rings. The summed E-state index contributed by atoms with van der Waals surface area (Å²) >= 11 is 0. The van der Waals surface area contributed by atoms with Crippen LogP contribution in [-0.2, 0) is 0 Å². The first-order valence-electron chi connectivity index (χ1n) is 5.43. The van der Waals surface area contributed by atoms with E-state index in [1.54, 1.807) is 12.4 Å². The van der Waals surface area contributed by atoms with Crippen molar-refractivity contribution < 1.29 is 0 Å². The third-order valence-corrected chi connectivity index (χ3v) is 2.44. The lowest BCUT2D eigenvalue weighted by Crippen LogP contribution is -1.92. The Morgan fingerprint density at radius 3 is 1.61 bits per heavy atom. The summed E-state index contributed by atoms with van der Waals surface area (Å²) in [5.74, 6) is 0. The van der Waals surface area contributed by atoms with Crippen LogP contribution in [0.25, 0.3) is 22.8 Å². The lowest BCUT2D eigenvalue weighted by molar-refractivity contribution is 1.13. The maximum absolute atomic E-state index is 4.53. The minimum absolute atomic E-state index is 0.793. The van der Waals surface area contributed by atoms with Gasteiger partial charge in [-0.25, -0.2) is 24.9 Å². The van der Waals surface area contributed by atoms with Gasteiger partial charge in [0.15, 0.2) is 0 Å². The Labute approximate surface area is 104 Å². The van der Waals surface area contributed by atoms with E-state index in [0.29, 0.717) is 0 Å². The molecule has 0 aromatic carbocycles. The lowest BCUT2D eigenvalue weighted by Gasteiger charge is -2.02. The monoisotopic (exact) mass is 235 g/mol. The van der Waals surface area contributed by atoms with Crippen LogP contribution in [0.15, 0.2) is 55.4 Å². The van der Waals surface area contributed by atoms with E-state index in [1.807, 2.05) is 30.3 Å². The molecule has 5 nitrogen and oxygen atoms in total. The molecule has 0 saturated carbocycles. The van der Waals surface area contributed by atoms with Crippen LogP contribution in [0.1, 0.15) is 0 Å². The Morgan fingerprint density at radius 2 is 1.17 bits per heavy atom. The van der Waals surface area contributed by atoms with Gasteiger partial charge in [-0.15, -0.1) is 0 Å². The lowest BCUT2D eigenvalue weighted by atomic mass is 10.2. The van der Waals surface area contributed by atoms with Crippen molar-refractivity contribution in [2.75, 3.05) is 0 Å². The van der Waals surface area contributed by atoms with Gasteiger partial charge in [0.25, 0.3) is 0 Å². The molecule has 0 N–H and O–H groups in total. The molecular formula is C13H9N5. The summed E-state index contributed by atoms with van der Waals surface area (Å²) in [5, 5.41) is 0. The number of pyridine rings is 1. The molecule has 0 fully saturated rings. The molecule has 0 unspecified atom stereocenters. The van der Waals surface area contributed by atoms with Crippen LogP contribution < -0.4 is 0 Å². The van der Waals surface area contributed by atoms with Crippen molar-refractivity contribution in [2.45, 2.75) is 0 Å². The maximum atomic E-state index is 4.53. The normalized spacial score (nSPS) is 10.2. The highest BCUT2D eigenvalue weighted by Gasteiger charge is 2.04. The Hall–Kier alpha value is -2.69. The summed E-state index contributed by atoms with van der Waals surface area (Å²) in [6, 6.07) is 9.40. The molecule has 0 atom stereocenters. The van der Waals surface area contributed by atoms with Crippen LogP contribution in [0.5, 0.6) is 0 Å². The molecule has 0 bridgehead atoms. The smallest absolute Gasteiger partial charge is 0.116 e. The van der Waals surface area contributed by atoms with Gasteiger partial charge in [-0.05, 0) is 24.3 Å². The molecule has 5 heteroatoms. The predicted octanol–water partition coefficient (Wildman–Crippen LogP) is 2.00. The van der Waals surface area contributed by atoms with Gasteiger partial charge >= 0.3 is 0 Å². The Bertz CT molecular complexity index is 585. The molecule has 18 heavy (non-hydrogen) atoms. The van der Waals surface area contributed by atoms with Gasteiger partial charge in [-0.1, -0.05) is 6.07 Å². The molecule has 0 radical (unpaired) electrons. The van der Waals surface area contributed by atoms with Crippen molar-refractivity contribution in [3.05, 3.63) is 55.4 Å². The predicted molar refractivity (Wildman–Crippen MR) is 66.3 cm³/mol. The fraction of sp³-hybridized carbons (Fsp3) is 0. The van der Waals surface area contributed by atoms with E-state index < -0.39 is 0 Å². The Morgan fingerprint density at radius 1 is 0.611 bits per heavy atom. The van der Waals surface area contributed by atoms with Gasteiger partial charge in [-0.2, -0.15) is 0 Å². The van der Waals surface area contributed by atoms with Gasteiger partial charge in [0.2, 0.25) is 0 Å². The summed E-state index contributed by atoms with van der Waals surface area (Å²) in [7, 11) is 0. The van der Waals surface area contributed by atoms with Crippen molar-refractivity contribution in [3.63, 3.8) is 0 Å². The zero-order chi connectivity index (χ0) is 12.2. The first kappa shape index (κ1) is 10.5. The second kappa shape index (κ2) is 4.67. The Kier molecular flexibility index (Phi) is 2.71. The third kappa shape index (κ3) is 2.06. The number of nitrogens with zero attached hydrogens (tertiary/aromatic N) is 5. The molecular weight excluding hydrogens is 226 g/mol. The fourth-order valence-corrected chi connectivity index (χ4v) is 1.60. The maximum Gasteiger partial charge on any atom is 0.116 e. The van der Waals surface area contributed by atoms with E-state index in [1.165, 1.54) is 12.7 Å². The summed E-state index contributed by atoms with van der Waals surface area (Å²) < 4.78 is 0. The molecule has 3 heterocycles. The number of rotatable bonds is 2. The zero-order valence-corrected chi connectivity index (χ0v) is 9.43. The average molecular weight is 235 g/mol. The van der Waals surface area contributed by atoms with Crippen LogP contribution >= 0.6 is 0 Å². The highest BCUT2D eigenvalue weighted by atomic mass is 14.9. The third-order valence-electron chi connectivity index (χ3n) is 2.44. The molecule has 0 spiro atoms. The van der Waals surface area contributed by atoms with E-state index in [-0.39, 0.29) is 0 Å². The van der Waals surface area contributed by atoms with Crippen LogP contribution in [0, 0.1) is 0 Å². The number of hydrogen-bond acceptors (Lipinski definition) is 5. The molecule has 86 valence electrons. The van der Waals surface area contributed by atoms with E-state index in [2.05, 4.69) is 24.9 Å². The topological polar surface area (TPSA) is 64.5 Å². The number of hydrogen-bond donors (Lipinski definition) is 0. The van der Waals surface area contributed by atoms with Crippen LogP contribution in [0.4, 0.5) is 0 Å². The van der Waals surface area contributed by atoms with Gasteiger partial charge < -0.3 is 0 Å². The standard InChI is InChI=1S/C13H9N5/c1-2-12(10-4-6-14-8-16-10)18-13(3-1)11-5-7-15-9-17-11/h1-9H. The number of aromatic nitrogens is 5. The Balaban J connectivity index is 2.05. The van der Waals surface area contributed by atoms with E-state index in [4.69, 9.17) is 0 Å².